The van der Waals surface area contributed by atoms with Crippen LogP contribution in [0.3, 0.4) is 0 Å². The molecule has 0 aromatic carbocycles. The van der Waals surface area contributed by atoms with Gasteiger partial charge in [0.05, 0.1) is 11.8 Å². The number of rotatable bonds is 4. The van der Waals surface area contributed by atoms with E-state index in [4.69, 9.17) is 12.2 Å². The van der Waals surface area contributed by atoms with Crippen LogP contribution in [0.5, 0.6) is 0 Å². The summed E-state index contributed by atoms with van der Waals surface area (Å²) in [5, 5.41) is 2.71. The van der Waals surface area contributed by atoms with Crippen molar-refractivity contribution in [1.82, 2.24) is 5.32 Å². The van der Waals surface area contributed by atoms with Crippen LogP contribution in [-0.2, 0) is 9.84 Å². The quantitative estimate of drug-likeness (QED) is 0.639. The summed E-state index contributed by atoms with van der Waals surface area (Å²) < 4.78 is 23.2. The Hall–Kier alpha value is -0.570. The summed E-state index contributed by atoms with van der Waals surface area (Å²) in [5.74, 6) is 2.46. The Morgan fingerprint density at radius 3 is 2.80 bits per heavy atom. The predicted octanol–water partition coefficient (Wildman–Crippen LogP) is -0.496. The zero-order chi connectivity index (χ0) is 11.5. The molecule has 2 atom stereocenters. The largest absolute Gasteiger partial charge is 0.329 e. The zero-order valence-corrected chi connectivity index (χ0v) is 9.81. The molecule has 0 aliphatic heterocycles. The fourth-order valence-electron chi connectivity index (χ4n) is 2.40. The molecule has 0 amide bonds. The first-order chi connectivity index (χ1) is 6.96. The van der Waals surface area contributed by atoms with Crippen LogP contribution in [0.1, 0.15) is 19.3 Å². The van der Waals surface area contributed by atoms with Gasteiger partial charge in [-0.1, -0.05) is 12.3 Å². The van der Waals surface area contributed by atoms with Crippen LogP contribution in [0, 0.1) is 12.3 Å². The third kappa shape index (κ3) is 2.51. The van der Waals surface area contributed by atoms with E-state index in [1.807, 2.05) is 0 Å². The van der Waals surface area contributed by atoms with E-state index in [0.717, 1.165) is 12.8 Å². The van der Waals surface area contributed by atoms with E-state index in [1.54, 1.807) is 0 Å². The molecule has 0 aromatic heterocycles. The van der Waals surface area contributed by atoms with Crippen LogP contribution in [0.25, 0.3) is 0 Å². The van der Waals surface area contributed by atoms with Crippen LogP contribution < -0.4 is 11.1 Å². The van der Waals surface area contributed by atoms with Crippen molar-refractivity contribution in [2.24, 2.45) is 5.73 Å². The van der Waals surface area contributed by atoms with Crippen molar-refractivity contribution in [2.75, 3.05) is 19.3 Å². The van der Waals surface area contributed by atoms with E-state index < -0.39 is 20.6 Å². The van der Waals surface area contributed by atoms with E-state index in [0.29, 0.717) is 19.5 Å². The van der Waals surface area contributed by atoms with Crippen molar-refractivity contribution < 1.29 is 8.42 Å². The highest BCUT2D eigenvalue weighted by molar-refractivity contribution is 7.91. The van der Waals surface area contributed by atoms with Gasteiger partial charge in [0.1, 0.15) is 0 Å². The molecule has 1 fully saturated rings. The highest BCUT2D eigenvalue weighted by Gasteiger charge is 2.46. The van der Waals surface area contributed by atoms with Gasteiger partial charge in [0, 0.05) is 18.3 Å². The molecule has 1 aliphatic carbocycles. The first-order valence-corrected chi connectivity index (χ1v) is 6.99. The van der Waals surface area contributed by atoms with Gasteiger partial charge in [-0.15, -0.1) is 6.42 Å². The van der Waals surface area contributed by atoms with Crippen LogP contribution in [0.2, 0.25) is 0 Å². The minimum Gasteiger partial charge on any atom is -0.329 e. The van der Waals surface area contributed by atoms with Gasteiger partial charge >= 0.3 is 0 Å². The maximum Gasteiger partial charge on any atom is 0.152 e. The topological polar surface area (TPSA) is 72.2 Å². The van der Waals surface area contributed by atoms with Gasteiger partial charge in [-0.05, 0) is 12.8 Å². The summed E-state index contributed by atoms with van der Waals surface area (Å²) in [7, 11) is -3.06. The molecule has 0 bridgehead atoms. The van der Waals surface area contributed by atoms with Gasteiger partial charge < -0.3 is 5.73 Å². The number of nitrogens with one attached hydrogen (secondary N) is 1. The molecule has 3 N–H and O–H groups in total. The van der Waals surface area contributed by atoms with Crippen LogP contribution >= 0.6 is 0 Å². The first kappa shape index (κ1) is 12.5. The van der Waals surface area contributed by atoms with Crippen LogP contribution in [0.15, 0.2) is 0 Å². The number of hydrogen-bond acceptors (Lipinski definition) is 4. The minimum atomic E-state index is -3.06. The molecule has 0 saturated heterocycles. The minimum absolute atomic E-state index is 0.312. The van der Waals surface area contributed by atoms with Crippen LogP contribution in [-0.4, -0.2) is 38.6 Å². The molecule has 86 valence electrons. The van der Waals surface area contributed by atoms with Gasteiger partial charge in [-0.25, -0.2) is 8.42 Å². The fraction of sp³-hybridized carbons (Fsp3) is 0.800. The van der Waals surface area contributed by atoms with Gasteiger partial charge in [0.25, 0.3) is 0 Å². The van der Waals surface area contributed by atoms with Crippen molar-refractivity contribution >= 4 is 9.84 Å². The lowest BCUT2D eigenvalue weighted by molar-refractivity contribution is 0.357. The van der Waals surface area contributed by atoms with Crippen molar-refractivity contribution in [2.45, 2.75) is 30.1 Å². The lowest BCUT2D eigenvalue weighted by atomic mass is 9.97. The second-order valence-corrected chi connectivity index (χ2v) is 6.36. The number of hydrogen-bond donors (Lipinski definition) is 2. The lowest BCUT2D eigenvalue weighted by Crippen LogP contribution is -2.58. The van der Waals surface area contributed by atoms with Gasteiger partial charge in [-0.2, -0.15) is 0 Å². The van der Waals surface area contributed by atoms with Gasteiger partial charge in [0.15, 0.2) is 9.84 Å². The second-order valence-electron chi connectivity index (χ2n) is 4.13. The molecule has 2 unspecified atom stereocenters. The van der Waals surface area contributed by atoms with E-state index in [-0.39, 0.29) is 0 Å². The first-order valence-electron chi connectivity index (χ1n) is 5.04. The summed E-state index contributed by atoms with van der Waals surface area (Å²) in [5.41, 5.74) is 5.19. The Balaban J connectivity index is 2.92. The third-order valence-electron chi connectivity index (χ3n) is 3.13. The average Bonchev–Trinajstić information content (AvgIpc) is 2.58. The highest BCUT2D eigenvalue weighted by atomic mass is 32.2. The van der Waals surface area contributed by atoms with E-state index >= 15 is 0 Å². The maximum absolute atomic E-state index is 11.6. The van der Waals surface area contributed by atoms with E-state index in [1.165, 1.54) is 6.26 Å². The highest BCUT2D eigenvalue weighted by Crippen LogP contribution is 2.33. The van der Waals surface area contributed by atoms with E-state index in [9.17, 15) is 8.42 Å². The molecular formula is C10H18N2O2S. The predicted molar refractivity (Wildman–Crippen MR) is 61.1 cm³/mol. The SMILES string of the molecule is C#CCNC1(CN)CCCC1S(C)(=O)=O. The molecule has 5 heteroatoms. The molecular weight excluding hydrogens is 212 g/mol. The Morgan fingerprint density at radius 1 is 1.67 bits per heavy atom. The fourth-order valence-corrected chi connectivity index (χ4v) is 4.11. The normalized spacial score (nSPS) is 31.4. The monoisotopic (exact) mass is 230 g/mol. The Bertz CT molecular complexity index is 358. The molecule has 0 heterocycles. The zero-order valence-electron chi connectivity index (χ0n) is 8.99. The molecule has 0 aromatic rings. The van der Waals surface area contributed by atoms with E-state index in [2.05, 4.69) is 11.2 Å². The lowest BCUT2D eigenvalue weighted by Gasteiger charge is -2.33. The Kier molecular flexibility index (Phi) is 3.77. The van der Waals surface area contributed by atoms with Crippen molar-refractivity contribution in [3.05, 3.63) is 0 Å². The average molecular weight is 230 g/mol. The van der Waals surface area contributed by atoms with Crippen molar-refractivity contribution in [3.63, 3.8) is 0 Å². The third-order valence-corrected chi connectivity index (χ3v) is 4.85. The number of nitrogens with two attached hydrogens (primary N) is 1. The standard InChI is InChI=1S/C10H18N2O2S/c1-3-7-12-10(8-11)6-4-5-9(10)15(2,13)14/h1,9,12H,4-8,11H2,2H3. The summed E-state index contributed by atoms with van der Waals surface area (Å²) in [6, 6.07) is 0. The van der Waals surface area contributed by atoms with Crippen molar-refractivity contribution in [1.29, 1.82) is 0 Å². The molecule has 4 nitrogen and oxygen atoms in total. The van der Waals surface area contributed by atoms with Gasteiger partial charge in [-0.3, -0.25) is 5.32 Å². The van der Waals surface area contributed by atoms with Crippen LogP contribution in [0.4, 0.5) is 0 Å². The summed E-state index contributed by atoms with van der Waals surface area (Å²) in [4.78, 5) is 0. The molecule has 0 radical (unpaired) electrons. The molecule has 1 saturated carbocycles. The molecule has 1 rings (SSSR count). The molecule has 1 aliphatic rings. The maximum atomic E-state index is 11.6. The summed E-state index contributed by atoms with van der Waals surface area (Å²) >= 11 is 0. The second kappa shape index (κ2) is 4.52. The Morgan fingerprint density at radius 2 is 2.33 bits per heavy atom. The molecule has 15 heavy (non-hydrogen) atoms. The number of terminal acetylenes is 1. The smallest absolute Gasteiger partial charge is 0.152 e. The molecule has 0 spiro atoms. The summed E-state index contributed by atoms with van der Waals surface area (Å²) in [6.07, 6.45) is 8.78. The van der Waals surface area contributed by atoms with Crippen molar-refractivity contribution in [3.8, 4) is 12.3 Å². The summed E-state index contributed by atoms with van der Waals surface area (Å²) in [6.45, 7) is 0.676. The van der Waals surface area contributed by atoms with Gasteiger partial charge in [0.2, 0.25) is 0 Å². The number of sulfone groups is 1. The Labute approximate surface area is 91.5 Å².